The van der Waals surface area contributed by atoms with Gasteiger partial charge in [0.1, 0.15) is 5.69 Å². The molecule has 2 aromatic rings. The molecule has 0 saturated carbocycles. The van der Waals surface area contributed by atoms with Gasteiger partial charge in [0.15, 0.2) is 0 Å². The molecular weight excluding hydrogens is 302 g/mol. The summed E-state index contributed by atoms with van der Waals surface area (Å²) in [7, 11) is -3.71. The Hall–Kier alpha value is -2.25. The molecule has 0 aliphatic carbocycles. The van der Waals surface area contributed by atoms with Crippen LogP contribution in [-0.2, 0) is 10.0 Å². The topological polar surface area (TPSA) is 102 Å². The lowest BCUT2D eigenvalue weighted by molar-refractivity contribution is 0.0934. The summed E-state index contributed by atoms with van der Waals surface area (Å²) in [6.45, 7) is 3.62. The van der Waals surface area contributed by atoms with E-state index < -0.39 is 10.0 Å². The van der Waals surface area contributed by atoms with Gasteiger partial charge in [-0.25, -0.2) is 18.5 Å². The molecule has 6 nitrogen and oxygen atoms in total. The first-order valence-electron chi connectivity index (χ1n) is 6.64. The molecule has 0 aliphatic heterocycles. The zero-order valence-electron chi connectivity index (χ0n) is 12.3. The fourth-order valence-corrected chi connectivity index (χ4v) is 2.49. The Bertz CT molecular complexity index is 786. The van der Waals surface area contributed by atoms with Gasteiger partial charge in [-0.2, -0.15) is 0 Å². The minimum atomic E-state index is -3.71. The summed E-state index contributed by atoms with van der Waals surface area (Å²) in [4.78, 5) is 16.3. The number of hydrogen-bond donors (Lipinski definition) is 2. The van der Waals surface area contributed by atoms with E-state index >= 15 is 0 Å². The molecule has 22 heavy (non-hydrogen) atoms. The molecule has 0 unspecified atom stereocenters. The van der Waals surface area contributed by atoms with Crippen molar-refractivity contribution in [2.24, 2.45) is 5.14 Å². The van der Waals surface area contributed by atoms with E-state index in [4.69, 9.17) is 5.14 Å². The highest BCUT2D eigenvalue weighted by Crippen LogP contribution is 2.16. The van der Waals surface area contributed by atoms with Crippen LogP contribution >= 0.6 is 0 Å². The Morgan fingerprint density at radius 3 is 2.36 bits per heavy atom. The molecule has 1 atom stereocenters. The van der Waals surface area contributed by atoms with E-state index in [1.54, 1.807) is 31.2 Å². The van der Waals surface area contributed by atoms with E-state index in [9.17, 15) is 13.2 Å². The Balaban J connectivity index is 2.12. The third kappa shape index (κ3) is 3.90. The molecule has 0 radical (unpaired) electrons. The van der Waals surface area contributed by atoms with Crippen molar-refractivity contribution in [1.82, 2.24) is 10.3 Å². The quantitative estimate of drug-likeness (QED) is 0.892. The number of aromatic nitrogens is 1. The maximum atomic E-state index is 12.1. The van der Waals surface area contributed by atoms with Gasteiger partial charge in [-0.3, -0.25) is 4.79 Å². The van der Waals surface area contributed by atoms with E-state index in [0.29, 0.717) is 5.69 Å². The third-order valence-corrected chi connectivity index (χ3v) is 4.11. The Morgan fingerprint density at radius 1 is 1.18 bits per heavy atom. The number of carbonyl (C=O) groups excluding carboxylic acids is 1. The summed E-state index contributed by atoms with van der Waals surface area (Å²) < 4.78 is 22.4. The number of pyridine rings is 1. The monoisotopic (exact) mass is 319 g/mol. The van der Waals surface area contributed by atoms with Gasteiger partial charge >= 0.3 is 0 Å². The molecule has 1 amide bonds. The summed E-state index contributed by atoms with van der Waals surface area (Å²) in [5.41, 5.74) is 1.87. The number of hydrogen-bond acceptors (Lipinski definition) is 4. The summed E-state index contributed by atoms with van der Waals surface area (Å²) in [6, 6.07) is 11.0. The smallest absolute Gasteiger partial charge is 0.270 e. The number of nitrogens with one attached hydrogen (secondary N) is 1. The highest BCUT2D eigenvalue weighted by molar-refractivity contribution is 7.89. The van der Waals surface area contributed by atoms with Crippen LogP contribution in [0.3, 0.4) is 0 Å². The number of nitrogens with two attached hydrogens (primary N) is 1. The highest BCUT2D eigenvalue weighted by Gasteiger charge is 2.14. The lowest BCUT2D eigenvalue weighted by Gasteiger charge is -2.14. The van der Waals surface area contributed by atoms with E-state index in [1.807, 2.05) is 13.0 Å². The molecule has 7 heteroatoms. The zero-order valence-corrected chi connectivity index (χ0v) is 13.1. The van der Waals surface area contributed by atoms with Crippen molar-refractivity contribution < 1.29 is 13.2 Å². The minimum Gasteiger partial charge on any atom is -0.344 e. The Kier molecular flexibility index (Phi) is 4.58. The van der Waals surface area contributed by atoms with Crippen LogP contribution in [0.2, 0.25) is 0 Å². The Morgan fingerprint density at radius 2 is 1.82 bits per heavy atom. The van der Waals surface area contributed by atoms with Gasteiger partial charge in [-0.05, 0) is 43.7 Å². The van der Waals surface area contributed by atoms with Gasteiger partial charge in [-0.15, -0.1) is 0 Å². The molecule has 1 heterocycles. The second-order valence-corrected chi connectivity index (χ2v) is 6.53. The molecule has 0 aliphatic rings. The fraction of sp³-hybridized carbons (Fsp3) is 0.200. The number of rotatable bonds is 4. The predicted molar refractivity (Wildman–Crippen MR) is 82.7 cm³/mol. The van der Waals surface area contributed by atoms with Crippen LogP contribution in [0.25, 0.3) is 0 Å². The molecule has 116 valence electrons. The maximum absolute atomic E-state index is 12.1. The van der Waals surface area contributed by atoms with Gasteiger partial charge in [0.25, 0.3) is 5.91 Å². The third-order valence-electron chi connectivity index (χ3n) is 3.18. The largest absolute Gasteiger partial charge is 0.344 e. The van der Waals surface area contributed by atoms with Crippen LogP contribution in [-0.4, -0.2) is 19.3 Å². The van der Waals surface area contributed by atoms with Crippen LogP contribution in [0.4, 0.5) is 0 Å². The van der Waals surface area contributed by atoms with E-state index in [0.717, 1.165) is 11.3 Å². The number of nitrogens with zero attached hydrogens (tertiary/aromatic N) is 1. The molecular formula is C15H17N3O3S. The SMILES string of the molecule is Cc1cccc(C(=O)N[C@@H](C)c2ccc(S(N)(=O)=O)cc2)n1. The molecule has 0 saturated heterocycles. The van der Waals surface area contributed by atoms with Crippen molar-refractivity contribution in [2.45, 2.75) is 24.8 Å². The van der Waals surface area contributed by atoms with Gasteiger partial charge in [0, 0.05) is 5.69 Å². The van der Waals surface area contributed by atoms with Crippen molar-refractivity contribution >= 4 is 15.9 Å². The maximum Gasteiger partial charge on any atom is 0.270 e. The molecule has 0 fully saturated rings. The number of aryl methyl sites for hydroxylation is 1. The molecule has 1 aromatic heterocycles. The molecule has 0 bridgehead atoms. The van der Waals surface area contributed by atoms with Crippen molar-refractivity contribution in [3.05, 3.63) is 59.4 Å². The standard InChI is InChI=1S/C15H17N3O3S/c1-10-4-3-5-14(17-10)15(19)18-11(2)12-6-8-13(9-7-12)22(16,20)21/h3-9,11H,1-2H3,(H,18,19)(H2,16,20,21)/t11-/m0/s1. The molecule has 1 aromatic carbocycles. The van der Waals surface area contributed by atoms with Gasteiger partial charge in [-0.1, -0.05) is 18.2 Å². The second-order valence-electron chi connectivity index (χ2n) is 4.97. The van der Waals surface area contributed by atoms with Crippen molar-refractivity contribution in [3.63, 3.8) is 0 Å². The molecule has 2 rings (SSSR count). The average molecular weight is 319 g/mol. The van der Waals surface area contributed by atoms with Gasteiger partial charge in [0.05, 0.1) is 10.9 Å². The second kappa shape index (κ2) is 6.25. The molecule has 3 N–H and O–H groups in total. The number of benzene rings is 1. The first kappa shape index (κ1) is 16.1. The van der Waals surface area contributed by atoms with Gasteiger partial charge < -0.3 is 5.32 Å². The van der Waals surface area contributed by atoms with E-state index in [-0.39, 0.29) is 16.8 Å². The summed E-state index contributed by atoms with van der Waals surface area (Å²) in [5, 5.41) is 7.86. The average Bonchev–Trinajstić information content (AvgIpc) is 2.46. The Labute approximate surface area is 129 Å². The number of carbonyl (C=O) groups is 1. The predicted octanol–water partition coefficient (Wildman–Crippen LogP) is 1.53. The van der Waals surface area contributed by atoms with Crippen molar-refractivity contribution in [2.75, 3.05) is 0 Å². The number of primary sulfonamides is 1. The van der Waals surface area contributed by atoms with E-state index in [2.05, 4.69) is 10.3 Å². The van der Waals surface area contributed by atoms with Crippen LogP contribution in [0.15, 0.2) is 47.4 Å². The number of amides is 1. The highest BCUT2D eigenvalue weighted by atomic mass is 32.2. The van der Waals surface area contributed by atoms with Crippen LogP contribution in [0.1, 0.15) is 34.7 Å². The lowest BCUT2D eigenvalue weighted by atomic mass is 10.1. The lowest BCUT2D eigenvalue weighted by Crippen LogP contribution is -2.27. The first-order valence-corrected chi connectivity index (χ1v) is 8.19. The van der Waals surface area contributed by atoms with Gasteiger partial charge in [0.2, 0.25) is 10.0 Å². The zero-order chi connectivity index (χ0) is 16.3. The summed E-state index contributed by atoms with van der Waals surface area (Å²) in [5.74, 6) is -0.285. The first-order chi connectivity index (χ1) is 10.3. The normalized spacial score (nSPS) is 12.7. The van der Waals surface area contributed by atoms with Crippen LogP contribution in [0, 0.1) is 6.92 Å². The minimum absolute atomic E-state index is 0.0372. The van der Waals surface area contributed by atoms with Crippen molar-refractivity contribution in [1.29, 1.82) is 0 Å². The molecule has 0 spiro atoms. The fourth-order valence-electron chi connectivity index (χ4n) is 1.97. The van der Waals surface area contributed by atoms with E-state index in [1.165, 1.54) is 12.1 Å². The van der Waals surface area contributed by atoms with Crippen molar-refractivity contribution in [3.8, 4) is 0 Å². The number of sulfonamides is 1. The van der Waals surface area contributed by atoms with Crippen LogP contribution < -0.4 is 10.5 Å². The van der Waals surface area contributed by atoms with Crippen LogP contribution in [0.5, 0.6) is 0 Å². The summed E-state index contributed by atoms with van der Waals surface area (Å²) >= 11 is 0. The summed E-state index contributed by atoms with van der Waals surface area (Å²) in [6.07, 6.45) is 0.